The van der Waals surface area contributed by atoms with Crippen molar-refractivity contribution in [3.63, 3.8) is 0 Å². The second kappa shape index (κ2) is 4.89. The molecule has 1 amide bonds. The molecular weight excluding hydrogens is 278 g/mol. The van der Waals surface area contributed by atoms with Crippen LogP contribution in [0.5, 0.6) is 5.75 Å². The SMILES string of the molecule is COc1ccc(C(=O)Nc2nn3c(C)nnc3s2)cc1. The lowest BCUT2D eigenvalue weighted by Crippen LogP contribution is -2.11. The van der Waals surface area contributed by atoms with Gasteiger partial charge in [-0.05, 0) is 31.2 Å². The molecule has 0 saturated heterocycles. The Labute approximate surface area is 118 Å². The number of nitrogens with one attached hydrogen (secondary N) is 1. The molecule has 0 fully saturated rings. The van der Waals surface area contributed by atoms with E-state index in [1.54, 1.807) is 42.8 Å². The first kappa shape index (κ1) is 12.5. The minimum absolute atomic E-state index is 0.227. The third-order valence-electron chi connectivity index (χ3n) is 2.72. The Balaban J connectivity index is 1.80. The van der Waals surface area contributed by atoms with Crippen LogP contribution in [0.2, 0.25) is 0 Å². The van der Waals surface area contributed by atoms with Crippen molar-refractivity contribution in [1.82, 2.24) is 19.8 Å². The summed E-state index contributed by atoms with van der Waals surface area (Å²) in [5.41, 5.74) is 0.536. The number of rotatable bonds is 3. The summed E-state index contributed by atoms with van der Waals surface area (Å²) in [6.07, 6.45) is 0. The molecule has 0 saturated carbocycles. The number of methoxy groups -OCH3 is 1. The number of carbonyl (C=O) groups excluding carboxylic acids is 1. The van der Waals surface area contributed by atoms with E-state index in [0.29, 0.717) is 27.2 Å². The van der Waals surface area contributed by atoms with Gasteiger partial charge in [0.2, 0.25) is 10.1 Å². The fourth-order valence-electron chi connectivity index (χ4n) is 1.68. The van der Waals surface area contributed by atoms with Crippen LogP contribution in [-0.2, 0) is 0 Å². The topological polar surface area (TPSA) is 81.4 Å². The zero-order valence-corrected chi connectivity index (χ0v) is 11.6. The van der Waals surface area contributed by atoms with Crippen molar-refractivity contribution in [3.05, 3.63) is 35.7 Å². The molecule has 3 rings (SSSR count). The molecule has 0 spiro atoms. The largest absolute Gasteiger partial charge is 0.497 e. The number of benzene rings is 1. The van der Waals surface area contributed by atoms with Gasteiger partial charge in [0.05, 0.1) is 7.11 Å². The number of hydrogen-bond acceptors (Lipinski definition) is 6. The normalized spacial score (nSPS) is 10.7. The quantitative estimate of drug-likeness (QED) is 0.794. The number of aryl methyl sites for hydroxylation is 1. The van der Waals surface area contributed by atoms with Crippen LogP contribution in [0.4, 0.5) is 5.13 Å². The number of ether oxygens (including phenoxy) is 1. The molecule has 0 unspecified atom stereocenters. The molecule has 0 aliphatic heterocycles. The van der Waals surface area contributed by atoms with E-state index >= 15 is 0 Å². The Morgan fingerprint density at radius 1 is 1.30 bits per heavy atom. The third-order valence-corrected chi connectivity index (χ3v) is 3.53. The van der Waals surface area contributed by atoms with Gasteiger partial charge in [-0.2, -0.15) is 4.52 Å². The van der Waals surface area contributed by atoms with Crippen LogP contribution in [0, 0.1) is 6.92 Å². The highest BCUT2D eigenvalue weighted by molar-refractivity contribution is 7.20. The Hall–Kier alpha value is -2.48. The molecular formula is C12H11N5O2S. The number of carbonyl (C=O) groups is 1. The standard InChI is InChI=1S/C12H11N5O2S/c1-7-14-15-12-17(7)16-11(20-12)13-10(18)8-3-5-9(19-2)6-4-8/h3-6H,1-2H3,(H,13,16,18). The molecule has 0 aliphatic carbocycles. The fourth-order valence-corrected chi connectivity index (χ4v) is 2.46. The second-order valence-electron chi connectivity index (χ2n) is 4.03. The van der Waals surface area contributed by atoms with Crippen molar-refractivity contribution < 1.29 is 9.53 Å². The van der Waals surface area contributed by atoms with Gasteiger partial charge in [0.25, 0.3) is 5.91 Å². The first-order valence-electron chi connectivity index (χ1n) is 5.81. The van der Waals surface area contributed by atoms with Crippen molar-refractivity contribution >= 4 is 27.3 Å². The summed E-state index contributed by atoms with van der Waals surface area (Å²) >= 11 is 1.27. The number of anilines is 1. The summed E-state index contributed by atoms with van der Waals surface area (Å²) in [6.45, 7) is 1.80. The van der Waals surface area contributed by atoms with Crippen molar-refractivity contribution in [2.45, 2.75) is 6.92 Å². The maximum atomic E-state index is 12.1. The molecule has 2 heterocycles. The van der Waals surface area contributed by atoms with Crippen LogP contribution in [0.3, 0.4) is 0 Å². The van der Waals surface area contributed by atoms with E-state index in [4.69, 9.17) is 4.74 Å². The van der Waals surface area contributed by atoms with E-state index in [-0.39, 0.29) is 5.91 Å². The summed E-state index contributed by atoms with van der Waals surface area (Å²) in [5, 5.41) is 15.3. The lowest BCUT2D eigenvalue weighted by molar-refractivity contribution is 0.102. The van der Waals surface area contributed by atoms with E-state index in [0.717, 1.165) is 0 Å². The minimum atomic E-state index is -0.227. The summed E-state index contributed by atoms with van der Waals surface area (Å²) in [6, 6.07) is 6.86. The van der Waals surface area contributed by atoms with Gasteiger partial charge >= 0.3 is 0 Å². The third kappa shape index (κ3) is 2.21. The molecule has 1 aromatic carbocycles. The summed E-state index contributed by atoms with van der Waals surface area (Å²) < 4.78 is 6.64. The van der Waals surface area contributed by atoms with Gasteiger partial charge in [0.1, 0.15) is 5.75 Å². The second-order valence-corrected chi connectivity index (χ2v) is 4.99. The number of amides is 1. The van der Waals surface area contributed by atoms with Gasteiger partial charge in [0, 0.05) is 5.56 Å². The predicted octanol–water partition coefficient (Wildman–Crippen LogP) is 1.76. The Bertz CT molecular complexity index is 762. The van der Waals surface area contributed by atoms with E-state index in [1.807, 2.05) is 0 Å². The van der Waals surface area contributed by atoms with Crippen LogP contribution in [0.25, 0.3) is 4.96 Å². The lowest BCUT2D eigenvalue weighted by atomic mass is 10.2. The first-order chi connectivity index (χ1) is 9.67. The van der Waals surface area contributed by atoms with Crippen LogP contribution in [0.15, 0.2) is 24.3 Å². The maximum absolute atomic E-state index is 12.1. The summed E-state index contributed by atoms with van der Waals surface area (Å²) in [4.78, 5) is 12.7. The molecule has 0 aliphatic rings. The van der Waals surface area contributed by atoms with E-state index < -0.39 is 0 Å². The van der Waals surface area contributed by atoms with Gasteiger partial charge in [-0.1, -0.05) is 11.3 Å². The van der Waals surface area contributed by atoms with Crippen molar-refractivity contribution in [1.29, 1.82) is 0 Å². The van der Waals surface area contributed by atoms with E-state index in [2.05, 4.69) is 20.6 Å². The van der Waals surface area contributed by atoms with Crippen LogP contribution in [0.1, 0.15) is 16.2 Å². The molecule has 20 heavy (non-hydrogen) atoms. The fraction of sp³-hybridized carbons (Fsp3) is 0.167. The minimum Gasteiger partial charge on any atom is -0.497 e. The van der Waals surface area contributed by atoms with Crippen LogP contribution in [-0.4, -0.2) is 32.8 Å². The van der Waals surface area contributed by atoms with Gasteiger partial charge in [0.15, 0.2) is 5.82 Å². The van der Waals surface area contributed by atoms with Gasteiger partial charge < -0.3 is 4.74 Å². The Kier molecular flexibility index (Phi) is 3.07. The van der Waals surface area contributed by atoms with Crippen molar-refractivity contribution in [3.8, 4) is 5.75 Å². The molecule has 0 bridgehead atoms. The zero-order valence-electron chi connectivity index (χ0n) is 10.8. The van der Waals surface area contributed by atoms with Gasteiger partial charge in [-0.3, -0.25) is 10.1 Å². The number of nitrogens with zero attached hydrogens (tertiary/aromatic N) is 4. The van der Waals surface area contributed by atoms with Crippen LogP contribution >= 0.6 is 11.3 Å². The predicted molar refractivity (Wildman–Crippen MR) is 74.3 cm³/mol. The smallest absolute Gasteiger partial charge is 0.257 e. The van der Waals surface area contributed by atoms with Gasteiger partial charge in [-0.15, -0.1) is 15.3 Å². The Morgan fingerprint density at radius 2 is 2.05 bits per heavy atom. The monoisotopic (exact) mass is 289 g/mol. The number of aromatic nitrogens is 4. The van der Waals surface area contributed by atoms with E-state index in [1.165, 1.54) is 11.3 Å². The zero-order chi connectivity index (χ0) is 14.1. The highest BCUT2D eigenvalue weighted by Crippen LogP contribution is 2.19. The van der Waals surface area contributed by atoms with Gasteiger partial charge in [-0.25, -0.2) is 0 Å². The Morgan fingerprint density at radius 3 is 2.70 bits per heavy atom. The molecule has 102 valence electrons. The average molecular weight is 289 g/mol. The first-order valence-corrected chi connectivity index (χ1v) is 6.63. The molecule has 2 aromatic heterocycles. The highest BCUT2D eigenvalue weighted by Gasteiger charge is 2.12. The summed E-state index contributed by atoms with van der Waals surface area (Å²) in [5.74, 6) is 1.16. The summed E-state index contributed by atoms with van der Waals surface area (Å²) in [7, 11) is 1.58. The molecule has 8 heteroatoms. The molecule has 3 aromatic rings. The number of fused-ring (bicyclic) bond motifs is 1. The van der Waals surface area contributed by atoms with Crippen LogP contribution < -0.4 is 10.1 Å². The van der Waals surface area contributed by atoms with Crippen molar-refractivity contribution in [2.24, 2.45) is 0 Å². The van der Waals surface area contributed by atoms with Crippen molar-refractivity contribution in [2.75, 3.05) is 12.4 Å². The molecule has 7 nitrogen and oxygen atoms in total. The molecule has 0 radical (unpaired) electrons. The molecule has 0 atom stereocenters. The highest BCUT2D eigenvalue weighted by atomic mass is 32.1. The average Bonchev–Trinajstić information content (AvgIpc) is 3.01. The lowest BCUT2D eigenvalue weighted by Gasteiger charge is -2.02. The van der Waals surface area contributed by atoms with E-state index in [9.17, 15) is 4.79 Å². The molecule has 1 N–H and O–H groups in total. The maximum Gasteiger partial charge on any atom is 0.257 e. The number of hydrogen-bond donors (Lipinski definition) is 1.